The third-order valence-electron chi connectivity index (χ3n) is 4.29. The standard InChI is InChI=1S/C14H17N7O6S2/c15-11-8-12(19-5-18-11)21(20-13(8)28-6-1-2-17-3-6)14-10(23)9(22)7(27-14)4-26-29(16,24)25/h1,3,5,7,9-10,14,22-23H,2,4H2,(H2,15,18,19)(H2,16,24,25)/t7-,9-,10-,14-/m1/s1. The Morgan fingerprint density at radius 2 is 2.14 bits per heavy atom. The minimum Gasteiger partial charge on any atom is -0.387 e. The number of thioether (sulfide) groups is 1. The van der Waals surface area contributed by atoms with Crippen molar-refractivity contribution in [2.45, 2.75) is 29.6 Å². The summed E-state index contributed by atoms with van der Waals surface area (Å²) in [6.07, 6.45) is -0.375. The summed E-state index contributed by atoms with van der Waals surface area (Å²) in [7, 11) is -4.24. The molecule has 1 fully saturated rings. The third-order valence-corrected chi connectivity index (χ3v) is 5.74. The maximum absolute atomic E-state index is 11.0. The number of aliphatic hydroxyl groups is 2. The van der Waals surface area contributed by atoms with Crippen LogP contribution in [0.1, 0.15) is 6.23 Å². The van der Waals surface area contributed by atoms with Crippen LogP contribution in [0.3, 0.4) is 0 Å². The number of fused-ring (bicyclic) bond motifs is 1. The van der Waals surface area contributed by atoms with Gasteiger partial charge in [-0.1, -0.05) is 11.8 Å². The average Bonchev–Trinajstić information content (AvgIpc) is 3.35. The first-order valence-electron chi connectivity index (χ1n) is 8.30. The van der Waals surface area contributed by atoms with Crippen LogP contribution in [0.5, 0.6) is 0 Å². The predicted octanol–water partition coefficient (Wildman–Crippen LogP) is -1.69. The highest BCUT2D eigenvalue weighted by atomic mass is 32.2. The molecule has 1 saturated heterocycles. The number of nitrogens with two attached hydrogens (primary N) is 2. The van der Waals surface area contributed by atoms with E-state index in [4.69, 9.17) is 15.6 Å². The van der Waals surface area contributed by atoms with Gasteiger partial charge in [0.25, 0.3) is 0 Å². The topological polar surface area (TPSA) is 201 Å². The molecule has 2 aliphatic heterocycles. The fraction of sp³-hybridized carbons (Fsp3) is 0.429. The normalized spacial score (nSPS) is 27.1. The lowest BCUT2D eigenvalue weighted by molar-refractivity contribution is -0.0531. The van der Waals surface area contributed by atoms with Crippen molar-refractivity contribution in [1.29, 1.82) is 0 Å². The van der Waals surface area contributed by atoms with Gasteiger partial charge in [0.05, 0.1) is 18.5 Å². The number of aliphatic hydroxyl groups excluding tert-OH is 2. The Morgan fingerprint density at radius 3 is 2.83 bits per heavy atom. The molecule has 0 bridgehead atoms. The molecule has 0 unspecified atom stereocenters. The molecule has 0 aliphatic carbocycles. The highest BCUT2D eigenvalue weighted by molar-refractivity contribution is 8.04. The Kier molecular flexibility index (Phi) is 5.28. The maximum Gasteiger partial charge on any atom is 0.333 e. The largest absolute Gasteiger partial charge is 0.387 e. The van der Waals surface area contributed by atoms with Gasteiger partial charge in [-0.15, -0.1) is 0 Å². The summed E-state index contributed by atoms with van der Waals surface area (Å²) in [6.45, 7) is -0.00975. The zero-order valence-corrected chi connectivity index (χ0v) is 16.3. The van der Waals surface area contributed by atoms with Crippen molar-refractivity contribution >= 4 is 45.1 Å². The summed E-state index contributed by atoms with van der Waals surface area (Å²) in [5.41, 5.74) is 6.28. The van der Waals surface area contributed by atoms with Gasteiger partial charge in [0.2, 0.25) is 0 Å². The second-order valence-electron chi connectivity index (χ2n) is 6.23. The molecular weight excluding hydrogens is 426 g/mol. The molecule has 0 spiro atoms. The highest BCUT2D eigenvalue weighted by Crippen LogP contribution is 2.38. The summed E-state index contributed by atoms with van der Waals surface area (Å²) in [5, 5.41) is 30.8. The Balaban J connectivity index is 1.68. The summed E-state index contributed by atoms with van der Waals surface area (Å²) in [4.78, 5) is 13.1. The molecule has 15 heteroatoms. The van der Waals surface area contributed by atoms with Gasteiger partial charge in [0.1, 0.15) is 35.5 Å². The van der Waals surface area contributed by atoms with Gasteiger partial charge in [-0.05, 0) is 6.08 Å². The first kappa shape index (κ1) is 20.1. The number of ether oxygens (including phenoxy) is 1. The first-order chi connectivity index (χ1) is 13.7. The summed E-state index contributed by atoms with van der Waals surface area (Å²) in [5.74, 6) is 0.182. The minimum atomic E-state index is -4.24. The number of allylic oxidation sites excluding steroid dienone is 1. The lowest BCUT2D eigenvalue weighted by Gasteiger charge is -2.15. The summed E-state index contributed by atoms with van der Waals surface area (Å²) < 4.78 is 33.3. The second-order valence-corrected chi connectivity index (χ2v) is 8.52. The quantitative estimate of drug-likeness (QED) is 0.397. The minimum absolute atomic E-state index is 0.182. The van der Waals surface area contributed by atoms with Gasteiger partial charge < -0.3 is 20.7 Å². The van der Waals surface area contributed by atoms with Crippen LogP contribution in [0.2, 0.25) is 0 Å². The van der Waals surface area contributed by atoms with Crippen molar-refractivity contribution in [1.82, 2.24) is 19.7 Å². The van der Waals surface area contributed by atoms with Crippen LogP contribution in [0.25, 0.3) is 11.0 Å². The van der Waals surface area contributed by atoms with Gasteiger partial charge >= 0.3 is 10.3 Å². The van der Waals surface area contributed by atoms with E-state index in [0.29, 0.717) is 17.0 Å². The Bertz CT molecular complexity index is 1100. The number of nitrogens with zero attached hydrogens (tertiary/aromatic N) is 5. The molecule has 2 aromatic heterocycles. The molecular formula is C14H17N7O6S2. The third kappa shape index (κ3) is 3.97. The van der Waals surface area contributed by atoms with Gasteiger partial charge in [0.15, 0.2) is 11.9 Å². The molecule has 13 nitrogen and oxygen atoms in total. The van der Waals surface area contributed by atoms with Gasteiger partial charge in [-0.3, -0.25) is 9.18 Å². The van der Waals surface area contributed by atoms with Crippen molar-refractivity contribution in [2.75, 3.05) is 18.9 Å². The van der Waals surface area contributed by atoms with E-state index in [1.807, 2.05) is 6.08 Å². The van der Waals surface area contributed by atoms with Crippen molar-refractivity contribution in [2.24, 2.45) is 10.1 Å². The van der Waals surface area contributed by atoms with Crippen molar-refractivity contribution < 1.29 is 27.6 Å². The zero-order valence-electron chi connectivity index (χ0n) is 14.7. The lowest BCUT2D eigenvalue weighted by atomic mass is 10.1. The van der Waals surface area contributed by atoms with E-state index in [0.717, 1.165) is 4.91 Å². The molecule has 0 amide bonds. The molecule has 2 aliphatic rings. The van der Waals surface area contributed by atoms with E-state index in [1.165, 1.54) is 22.8 Å². The Labute approximate surface area is 168 Å². The second kappa shape index (κ2) is 7.60. The molecule has 6 N–H and O–H groups in total. The van der Waals surface area contributed by atoms with E-state index >= 15 is 0 Å². The molecule has 0 radical (unpaired) electrons. The van der Waals surface area contributed by atoms with Gasteiger partial charge in [-0.2, -0.15) is 13.5 Å². The number of nitrogen functional groups attached to an aromatic ring is 1. The highest BCUT2D eigenvalue weighted by Gasteiger charge is 2.45. The molecule has 2 aromatic rings. The van der Waals surface area contributed by atoms with Crippen LogP contribution >= 0.6 is 11.8 Å². The average molecular weight is 443 g/mol. The summed E-state index contributed by atoms with van der Waals surface area (Å²) in [6, 6.07) is 0. The van der Waals surface area contributed by atoms with Gasteiger partial charge in [0, 0.05) is 11.1 Å². The monoisotopic (exact) mass is 443 g/mol. The lowest BCUT2D eigenvalue weighted by Crippen LogP contribution is -2.35. The molecule has 4 atom stereocenters. The SMILES string of the molecule is Nc1ncnc2c1c(SC1=CCN=C1)nn2[C@@H]1O[C@H](COS(N)(=O)=O)[C@@H](O)[C@H]1O. The number of rotatable bonds is 6. The zero-order chi connectivity index (χ0) is 20.8. The molecule has 29 heavy (non-hydrogen) atoms. The molecule has 4 heterocycles. The number of aromatic nitrogens is 4. The van der Waals surface area contributed by atoms with E-state index in [1.54, 1.807) is 6.21 Å². The van der Waals surface area contributed by atoms with E-state index in [9.17, 15) is 18.6 Å². The summed E-state index contributed by atoms with van der Waals surface area (Å²) >= 11 is 1.29. The van der Waals surface area contributed by atoms with Crippen LogP contribution in [-0.2, 0) is 19.2 Å². The molecule has 0 saturated carbocycles. The van der Waals surface area contributed by atoms with Gasteiger partial charge in [-0.25, -0.2) is 19.8 Å². The number of hydrogen-bond acceptors (Lipinski definition) is 12. The van der Waals surface area contributed by atoms with E-state index < -0.39 is 41.5 Å². The number of hydrogen-bond donors (Lipinski definition) is 4. The van der Waals surface area contributed by atoms with E-state index in [2.05, 4.69) is 24.2 Å². The molecule has 0 aromatic carbocycles. The Morgan fingerprint density at radius 1 is 1.34 bits per heavy atom. The van der Waals surface area contributed by atoms with Crippen molar-refractivity contribution in [3.05, 3.63) is 17.3 Å². The fourth-order valence-corrected chi connectivity index (χ4v) is 4.22. The first-order valence-corrected chi connectivity index (χ1v) is 10.6. The van der Waals surface area contributed by atoms with Crippen LogP contribution in [0.4, 0.5) is 5.82 Å². The number of anilines is 1. The molecule has 4 rings (SSSR count). The smallest absolute Gasteiger partial charge is 0.333 e. The Hall–Kier alpha value is -2.14. The van der Waals surface area contributed by atoms with Crippen LogP contribution in [0, 0.1) is 0 Å². The maximum atomic E-state index is 11.0. The van der Waals surface area contributed by atoms with Crippen LogP contribution in [0.15, 0.2) is 27.3 Å². The van der Waals surface area contributed by atoms with Crippen molar-refractivity contribution in [3.63, 3.8) is 0 Å². The predicted molar refractivity (Wildman–Crippen MR) is 102 cm³/mol. The molecule has 156 valence electrons. The number of aliphatic imine (C=N–C) groups is 1. The fourth-order valence-electron chi connectivity index (χ4n) is 2.96. The van der Waals surface area contributed by atoms with Crippen LogP contribution < -0.4 is 10.9 Å². The van der Waals surface area contributed by atoms with E-state index in [-0.39, 0.29) is 11.5 Å². The van der Waals surface area contributed by atoms with Crippen LogP contribution in [-0.4, -0.2) is 76.1 Å². The van der Waals surface area contributed by atoms with Crippen molar-refractivity contribution in [3.8, 4) is 0 Å².